The predicted octanol–water partition coefficient (Wildman–Crippen LogP) is 4.07. The van der Waals surface area contributed by atoms with E-state index in [2.05, 4.69) is 30.2 Å². The summed E-state index contributed by atoms with van der Waals surface area (Å²) in [6.07, 6.45) is 0.971. The van der Waals surface area contributed by atoms with Crippen LogP contribution in [0, 0.1) is 0 Å². The molecule has 126 valence electrons. The van der Waals surface area contributed by atoms with E-state index in [-0.39, 0.29) is 0 Å². The molecule has 0 radical (unpaired) electrons. The lowest BCUT2D eigenvalue weighted by Crippen LogP contribution is -2.15. The highest BCUT2D eigenvalue weighted by atomic mass is 35.5. The molecule has 0 bridgehead atoms. The molecule has 3 rings (SSSR count). The van der Waals surface area contributed by atoms with Crippen LogP contribution in [0.25, 0.3) is 10.9 Å². The molecule has 0 spiro atoms. The summed E-state index contributed by atoms with van der Waals surface area (Å²) in [5.41, 5.74) is 2.10. The van der Waals surface area contributed by atoms with Crippen molar-refractivity contribution in [2.24, 2.45) is 0 Å². The molecule has 0 aliphatic carbocycles. The Morgan fingerprint density at radius 3 is 2.62 bits per heavy atom. The Kier molecular flexibility index (Phi) is 5.38. The van der Waals surface area contributed by atoms with Crippen molar-refractivity contribution in [1.29, 1.82) is 0 Å². The number of para-hydroxylation sites is 1. The molecule has 1 aromatic heterocycles. The van der Waals surface area contributed by atoms with Crippen molar-refractivity contribution in [3.8, 4) is 5.88 Å². The lowest BCUT2D eigenvalue weighted by atomic mass is 10.2. The van der Waals surface area contributed by atoms with Crippen molar-refractivity contribution in [3.05, 3.63) is 59.1 Å². The number of benzene rings is 2. The van der Waals surface area contributed by atoms with E-state index < -0.39 is 0 Å². The van der Waals surface area contributed by atoms with Gasteiger partial charge in [-0.1, -0.05) is 41.9 Å². The van der Waals surface area contributed by atoms with E-state index in [1.807, 2.05) is 47.1 Å². The molecule has 0 saturated heterocycles. The van der Waals surface area contributed by atoms with E-state index >= 15 is 0 Å². The van der Waals surface area contributed by atoms with E-state index in [0.29, 0.717) is 19.0 Å². The average molecular weight is 344 g/mol. The van der Waals surface area contributed by atoms with E-state index in [1.54, 1.807) is 0 Å². The molecule has 0 fully saturated rings. The highest BCUT2D eigenvalue weighted by Crippen LogP contribution is 2.26. The van der Waals surface area contributed by atoms with Gasteiger partial charge < -0.3 is 9.64 Å². The first-order valence-electron chi connectivity index (χ1n) is 8.11. The molecule has 0 aliphatic rings. The fourth-order valence-electron chi connectivity index (χ4n) is 2.66. The summed E-state index contributed by atoms with van der Waals surface area (Å²) in [6.45, 7) is 2.28. The molecule has 3 aromatic rings. The molecule has 0 amide bonds. The minimum Gasteiger partial charge on any atom is -0.476 e. The summed E-state index contributed by atoms with van der Waals surface area (Å²) in [6, 6.07) is 16.0. The maximum atomic E-state index is 6.29. The first kappa shape index (κ1) is 16.8. The maximum absolute atomic E-state index is 6.29. The Morgan fingerprint density at radius 1 is 1.08 bits per heavy atom. The third-order valence-electron chi connectivity index (χ3n) is 3.89. The topological polar surface area (TPSA) is 30.3 Å². The highest BCUT2D eigenvalue weighted by Gasteiger charge is 2.12. The molecule has 0 unspecified atom stereocenters. The third-order valence-corrected chi connectivity index (χ3v) is 4.26. The standard InChI is InChI=1S/C19H22ClN3O/c1-22(2)12-7-13-24-19-16-9-4-6-11-18(16)23(21-19)14-15-8-3-5-10-17(15)20/h3-6,8-11H,7,12-14H2,1-2H3. The Morgan fingerprint density at radius 2 is 1.83 bits per heavy atom. The zero-order chi connectivity index (χ0) is 16.9. The summed E-state index contributed by atoms with van der Waals surface area (Å²) in [7, 11) is 4.13. The quantitative estimate of drug-likeness (QED) is 0.606. The molecule has 24 heavy (non-hydrogen) atoms. The lowest BCUT2D eigenvalue weighted by molar-refractivity contribution is 0.273. The van der Waals surface area contributed by atoms with Gasteiger partial charge in [-0.2, -0.15) is 0 Å². The normalized spacial score (nSPS) is 11.3. The van der Waals surface area contributed by atoms with Gasteiger partial charge in [-0.3, -0.25) is 4.68 Å². The second kappa shape index (κ2) is 7.69. The van der Waals surface area contributed by atoms with Gasteiger partial charge in [0.15, 0.2) is 0 Å². The van der Waals surface area contributed by atoms with Gasteiger partial charge in [-0.15, -0.1) is 5.10 Å². The smallest absolute Gasteiger partial charge is 0.240 e. The summed E-state index contributed by atoms with van der Waals surface area (Å²) < 4.78 is 7.88. The molecule has 2 aromatic carbocycles. The largest absolute Gasteiger partial charge is 0.476 e. The van der Waals surface area contributed by atoms with Crippen LogP contribution < -0.4 is 4.74 Å². The number of fused-ring (bicyclic) bond motifs is 1. The second-order valence-corrected chi connectivity index (χ2v) is 6.48. The van der Waals surface area contributed by atoms with Crippen LogP contribution in [0.2, 0.25) is 5.02 Å². The van der Waals surface area contributed by atoms with E-state index in [1.165, 1.54) is 0 Å². The molecule has 0 aliphatic heterocycles. The second-order valence-electron chi connectivity index (χ2n) is 6.08. The Hall–Kier alpha value is -2.04. The number of halogens is 1. The number of ether oxygens (including phenoxy) is 1. The number of hydrogen-bond donors (Lipinski definition) is 0. The molecule has 5 heteroatoms. The number of rotatable bonds is 7. The zero-order valence-electron chi connectivity index (χ0n) is 14.1. The lowest BCUT2D eigenvalue weighted by Gasteiger charge is -2.09. The summed E-state index contributed by atoms with van der Waals surface area (Å²) in [5, 5.41) is 6.46. The van der Waals surface area contributed by atoms with Crippen molar-refractivity contribution in [3.63, 3.8) is 0 Å². The highest BCUT2D eigenvalue weighted by molar-refractivity contribution is 6.31. The molecular weight excluding hydrogens is 322 g/mol. The van der Waals surface area contributed by atoms with Crippen LogP contribution in [0.1, 0.15) is 12.0 Å². The first-order chi connectivity index (χ1) is 11.6. The molecule has 4 nitrogen and oxygen atoms in total. The number of nitrogens with zero attached hydrogens (tertiary/aromatic N) is 3. The van der Waals surface area contributed by atoms with Crippen molar-refractivity contribution in [2.75, 3.05) is 27.2 Å². The van der Waals surface area contributed by atoms with Crippen LogP contribution in [0.5, 0.6) is 5.88 Å². The maximum Gasteiger partial charge on any atom is 0.240 e. The van der Waals surface area contributed by atoms with E-state index in [9.17, 15) is 0 Å². The SMILES string of the molecule is CN(C)CCCOc1nn(Cc2ccccc2Cl)c2ccccc12. The number of aromatic nitrogens is 2. The molecule has 0 N–H and O–H groups in total. The minimum absolute atomic E-state index is 0.626. The zero-order valence-corrected chi connectivity index (χ0v) is 14.8. The molecule has 0 atom stereocenters. The van der Waals surface area contributed by atoms with Gasteiger partial charge >= 0.3 is 0 Å². The Labute approximate surface area is 147 Å². The minimum atomic E-state index is 0.626. The van der Waals surface area contributed by atoms with Gasteiger partial charge in [0, 0.05) is 11.6 Å². The van der Waals surface area contributed by atoms with Crippen molar-refractivity contribution >= 4 is 22.5 Å². The van der Waals surface area contributed by atoms with Gasteiger partial charge in [0.05, 0.1) is 24.1 Å². The Bertz CT molecular complexity index is 813. The van der Waals surface area contributed by atoms with Gasteiger partial charge in [0.2, 0.25) is 5.88 Å². The molecule has 0 saturated carbocycles. The van der Waals surface area contributed by atoms with Crippen LogP contribution >= 0.6 is 11.6 Å². The summed E-state index contributed by atoms with van der Waals surface area (Å²) in [4.78, 5) is 2.15. The van der Waals surface area contributed by atoms with E-state index in [0.717, 1.165) is 34.5 Å². The van der Waals surface area contributed by atoms with Crippen molar-refractivity contribution < 1.29 is 4.74 Å². The van der Waals surface area contributed by atoms with Gasteiger partial charge in [-0.05, 0) is 44.3 Å². The molecule has 1 heterocycles. The fourth-order valence-corrected chi connectivity index (χ4v) is 2.86. The third kappa shape index (κ3) is 3.89. The molecular formula is C19H22ClN3O. The van der Waals surface area contributed by atoms with Crippen molar-refractivity contribution in [1.82, 2.24) is 14.7 Å². The van der Waals surface area contributed by atoms with Crippen LogP contribution in [0.3, 0.4) is 0 Å². The fraction of sp³-hybridized carbons (Fsp3) is 0.316. The van der Waals surface area contributed by atoms with Crippen LogP contribution in [0.15, 0.2) is 48.5 Å². The van der Waals surface area contributed by atoms with Crippen LogP contribution in [-0.2, 0) is 6.54 Å². The number of hydrogen-bond acceptors (Lipinski definition) is 3. The summed E-state index contributed by atoms with van der Waals surface area (Å²) in [5.74, 6) is 0.691. The van der Waals surface area contributed by atoms with E-state index in [4.69, 9.17) is 16.3 Å². The Balaban J connectivity index is 1.82. The van der Waals surface area contributed by atoms with Crippen LogP contribution in [-0.4, -0.2) is 41.9 Å². The van der Waals surface area contributed by atoms with Gasteiger partial charge in [-0.25, -0.2) is 0 Å². The van der Waals surface area contributed by atoms with Crippen LogP contribution in [0.4, 0.5) is 0 Å². The first-order valence-corrected chi connectivity index (χ1v) is 8.49. The monoisotopic (exact) mass is 343 g/mol. The summed E-state index contributed by atoms with van der Waals surface area (Å²) >= 11 is 6.29. The predicted molar refractivity (Wildman–Crippen MR) is 99.0 cm³/mol. The van der Waals surface area contributed by atoms with Gasteiger partial charge in [0.25, 0.3) is 0 Å². The van der Waals surface area contributed by atoms with Crippen molar-refractivity contribution in [2.45, 2.75) is 13.0 Å². The average Bonchev–Trinajstić information content (AvgIpc) is 2.92. The van der Waals surface area contributed by atoms with Gasteiger partial charge in [0.1, 0.15) is 0 Å².